The highest BCUT2D eigenvalue weighted by molar-refractivity contribution is 7.80. The van der Waals surface area contributed by atoms with Gasteiger partial charge in [0.2, 0.25) is 0 Å². The summed E-state index contributed by atoms with van der Waals surface area (Å²) in [5.41, 5.74) is 1.77. The van der Waals surface area contributed by atoms with Gasteiger partial charge < -0.3 is 25.4 Å². The van der Waals surface area contributed by atoms with Crippen LogP contribution in [-0.2, 0) is 0 Å². The van der Waals surface area contributed by atoms with Gasteiger partial charge in [0.1, 0.15) is 11.5 Å². The SMILES string of the molecule is COc1cc(OC)c(NC(=S)Nc2ccc(NC(=O)c3cccc([N+](=O)[O-])c3)cc2)cc1Cl. The van der Waals surface area contributed by atoms with Crippen LogP contribution in [0.2, 0.25) is 5.02 Å². The molecule has 0 atom stereocenters. The van der Waals surface area contributed by atoms with Crippen LogP contribution in [0.15, 0.2) is 60.7 Å². The van der Waals surface area contributed by atoms with Crippen LogP contribution in [0.3, 0.4) is 0 Å². The van der Waals surface area contributed by atoms with E-state index in [1.54, 1.807) is 36.4 Å². The first-order valence-corrected chi connectivity index (χ1v) is 10.2. The Bertz CT molecular complexity index is 1200. The minimum atomic E-state index is -0.552. The number of benzene rings is 3. The lowest BCUT2D eigenvalue weighted by Crippen LogP contribution is -2.19. The lowest BCUT2D eigenvalue weighted by Gasteiger charge is -2.15. The number of methoxy groups -OCH3 is 2. The third-order valence-corrected chi connectivity index (χ3v) is 4.94. The molecule has 0 fully saturated rings. The molecule has 1 amide bonds. The maximum absolute atomic E-state index is 12.4. The van der Waals surface area contributed by atoms with Gasteiger partial charge in [-0.15, -0.1) is 0 Å². The van der Waals surface area contributed by atoms with E-state index in [0.717, 1.165) is 0 Å². The number of halogens is 1. The van der Waals surface area contributed by atoms with E-state index in [9.17, 15) is 14.9 Å². The molecule has 9 nitrogen and oxygen atoms in total. The molecule has 0 bridgehead atoms. The standard InChI is InChI=1S/C22H19ClN4O5S/c1-31-19-12-20(32-2)18(11-17(19)23)26-22(33)25-15-8-6-14(7-9-15)24-21(28)13-4-3-5-16(10-13)27(29)30/h3-12H,1-2H3,(H,24,28)(H2,25,26,33). The topological polar surface area (TPSA) is 115 Å². The van der Waals surface area contributed by atoms with Gasteiger partial charge in [-0.1, -0.05) is 17.7 Å². The van der Waals surface area contributed by atoms with Crippen molar-refractivity contribution in [2.45, 2.75) is 0 Å². The van der Waals surface area contributed by atoms with Crippen LogP contribution in [0.25, 0.3) is 0 Å². The number of carbonyl (C=O) groups excluding carboxylic acids is 1. The van der Waals surface area contributed by atoms with Crippen molar-refractivity contribution in [1.82, 2.24) is 0 Å². The van der Waals surface area contributed by atoms with Gasteiger partial charge in [0, 0.05) is 35.1 Å². The van der Waals surface area contributed by atoms with Crippen LogP contribution in [0.1, 0.15) is 10.4 Å². The zero-order valence-electron chi connectivity index (χ0n) is 17.5. The molecule has 0 aliphatic heterocycles. The molecule has 0 heterocycles. The van der Waals surface area contributed by atoms with Gasteiger partial charge >= 0.3 is 0 Å². The zero-order valence-corrected chi connectivity index (χ0v) is 19.1. The van der Waals surface area contributed by atoms with Crippen LogP contribution in [0.4, 0.5) is 22.7 Å². The minimum Gasteiger partial charge on any atom is -0.495 e. The second-order valence-corrected chi connectivity index (χ2v) is 7.42. The summed E-state index contributed by atoms with van der Waals surface area (Å²) in [6.07, 6.45) is 0. The highest BCUT2D eigenvalue weighted by Crippen LogP contribution is 2.36. The van der Waals surface area contributed by atoms with Crippen LogP contribution < -0.4 is 25.4 Å². The highest BCUT2D eigenvalue weighted by Gasteiger charge is 2.13. The summed E-state index contributed by atoms with van der Waals surface area (Å²) in [5.74, 6) is 0.514. The van der Waals surface area contributed by atoms with Gasteiger partial charge in [0.05, 0.1) is 29.9 Å². The van der Waals surface area contributed by atoms with Gasteiger partial charge in [-0.3, -0.25) is 14.9 Å². The van der Waals surface area contributed by atoms with Gasteiger partial charge in [-0.05, 0) is 48.6 Å². The van der Waals surface area contributed by atoms with Crippen molar-refractivity contribution in [2.24, 2.45) is 0 Å². The van der Waals surface area contributed by atoms with Crippen LogP contribution in [0, 0.1) is 10.1 Å². The van der Waals surface area contributed by atoms with Crippen molar-refractivity contribution in [2.75, 3.05) is 30.2 Å². The van der Waals surface area contributed by atoms with E-state index < -0.39 is 10.8 Å². The number of carbonyl (C=O) groups is 1. The van der Waals surface area contributed by atoms with Crippen molar-refractivity contribution in [1.29, 1.82) is 0 Å². The van der Waals surface area contributed by atoms with Crippen molar-refractivity contribution >= 4 is 57.6 Å². The Morgan fingerprint density at radius 2 is 1.58 bits per heavy atom. The van der Waals surface area contributed by atoms with Gasteiger partial charge in [0.25, 0.3) is 11.6 Å². The number of thiocarbonyl (C=S) groups is 1. The fourth-order valence-electron chi connectivity index (χ4n) is 2.84. The van der Waals surface area contributed by atoms with E-state index in [1.807, 2.05) is 0 Å². The number of nitrogens with one attached hydrogen (secondary N) is 3. The van der Waals surface area contributed by atoms with E-state index in [1.165, 1.54) is 38.5 Å². The van der Waals surface area contributed by atoms with Crippen molar-refractivity contribution < 1.29 is 19.2 Å². The molecule has 33 heavy (non-hydrogen) atoms. The summed E-state index contributed by atoms with van der Waals surface area (Å²) < 4.78 is 10.5. The summed E-state index contributed by atoms with van der Waals surface area (Å²) in [5, 5.41) is 20.3. The van der Waals surface area contributed by atoms with Crippen molar-refractivity contribution in [3.05, 3.63) is 81.4 Å². The van der Waals surface area contributed by atoms with Gasteiger partial charge in [-0.25, -0.2) is 0 Å². The number of nitro benzene ring substituents is 1. The van der Waals surface area contributed by atoms with E-state index in [4.69, 9.17) is 33.3 Å². The molecule has 3 rings (SSSR count). The number of hydrogen-bond donors (Lipinski definition) is 3. The lowest BCUT2D eigenvalue weighted by molar-refractivity contribution is -0.384. The first kappa shape index (κ1) is 23.8. The first-order chi connectivity index (χ1) is 15.8. The predicted molar refractivity (Wildman–Crippen MR) is 132 cm³/mol. The number of non-ortho nitro benzene ring substituents is 1. The number of anilines is 3. The maximum atomic E-state index is 12.4. The Hall–Kier alpha value is -3.89. The maximum Gasteiger partial charge on any atom is 0.270 e. The van der Waals surface area contributed by atoms with Crippen LogP contribution in [-0.4, -0.2) is 30.2 Å². The fraction of sp³-hybridized carbons (Fsp3) is 0.0909. The number of amides is 1. The van der Waals surface area contributed by atoms with E-state index in [0.29, 0.717) is 38.7 Å². The third kappa shape index (κ3) is 6.09. The molecule has 0 radical (unpaired) electrons. The second-order valence-electron chi connectivity index (χ2n) is 6.61. The molecule has 0 unspecified atom stereocenters. The zero-order chi connectivity index (χ0) is 24.0. The molecule has 0 aliphatic carbocycles. The largest absolute Gasteiger partial charge is 0.495 e. The molecule has 0 aliphatic rings. The normalized spacial score (nSPS) is 10.2. The Kier molecular flexibility index (Phi) is 7.65. The molecule has 0 saturated carbocycles. The van der Waals surface area contributed by atoms with Gasteiger partial charge in [0.15, 0.2) is 5.11 Å². The molecule has 170 valence electrons. The molecule has 0 saturated heterocycles. The number of rotatable bonds is 7. The fourth-order valence-corrected chi connectivity index (χ4v) is 3.31. The Morgan fingerprint density at radius 3 is 2.18 bits per heavy atom. The van der Waals surface area contributed by atoms with E-state index >= 15 is 0 Å². The Balaban J connectivity index is 1.63. The second kappa shape index (κ2) is 10.6. The summed E-state index contributed by atoms with van der Waals surface area (Å²) in [6, 6.07) is 15.6. The molecular formula is C22H19ClN4O5S. The molecule has 0 aromatic heterocycles. The van der Waals surface area contributed by atoms with Crippen LogP contribution in [0.5, 0.6) is 11.5 Å². The molecule has 11 heteroatoms. The highest BCUT2D eigenvalue weighted by atomic mass is 35.5. The molecule has 3 aromatic rings. The van der Waals surface area contributed by atoms with Crippen molar-refractivity contribution in [3.63, 3.8) is 0 Å². The molecule has 3 N–H and O–H groups in total. The third-order valence-electron chi connectivity index (χ3n) is 4.44. The summed E-state index contributed by atoms with van der Waals surface area (Å²) in [7, 11) is 3.03. The molecule has 0 spiro atoms. The lowest BCUT2D eigenvalue weighted by atomic mass is 10.2. The van der Waals surface area contributed by atoms with Crippen LogP contribution >= 0.6 is 23.8 Å². The number of hydrogen-bond acceptors (Lipinski definition) is 6. The summed E-state index contributed by atoms with van der Waals surface area (Å²) in [6.45, 7) is 0. The Labute approximate surface area is 199 Å². The molecular weight excluding hydrogens is 468 g/mol. The van der Waals surface area contributed by atoms with E-state index in [-0.39, 0.29) is 11.3 Å². The van der Waals surface area contributed by atoms with Gasteiger partial charge in [-0.2, -0.15) is 0 Å². The first-order valence-electron chi connectivity index (χ1n) is 9.46. The quantitative estimate of drug-likeness (QED) is 0.233. The number of nitrogens with zero attached hydrogens (tertiary/aromatic N) is 1. The summed E-state index contributed by atoms with van der Waals surface area (Å²) >= 11 is 11.5. The smallest absolute Gasteiger partial charge is 0.270 e. The number of nitro groups is 1. The minimum absolute atomic E-state index is 0.155. The Morgan fingerprint density at radius 1 is 0.939 bits per heavy atom. The predicted octanol–water partition coefficient (Wildman–Crippen LogP) is 5.33. The number of ether oxygens (including phenoxy) is 2. The van der Waals surface area contributed by atoms with E-state index in [2.05, 4.69) is 16.0 Å². The monoisotopic (exact) mass is 486 g/mol. The average Bonchev–Trinajstić information content (AvgIpc) is 2.80. The average molecular weight is 487 g/mol. The van der Waals surface area contributed by atoms with Crippen molar-refractivity contribution in [3.8, 4) is 11.5 Å². The summed E-state index contributed by atoms with van der Waals surface area (Å²) in [4.78, 5) is 22.7. The molecule has 3 aromatic carbocycles.